The smallest absolute Gasteiger partial charge is 0.204 e. The maximum atomic E-state index is 14.1. The topological polar surface area (TPSA) is 27.7 Å². The molecule has 0 aromatic heterocycles. The second-order valence-electron chi connectivity index (χ2n) is 7.90. The van der Waals surface area contributed by atoms with E-state index < -0.39 is 11.6 Å². The second kappa shape index (κ2) is 11.3. The van der Waals surface area contributed by atoms with Crippen molar-refractivity contribution in [1.29, 1.82) is 0 Å². The molecular weight excluding hydrogens is 386 g/mol. The van der Waals surface area contributed by atoms with Crippen LogP contribution in [-0.4, -0.2) is 19.8 Å². The predicted octanol–water partition coefficient (Wildman–Crippen LogP) is 6.64. The number of hydrogen-bond donors (Lipinski definition) is 0. The maximum absolute atomic E-state index is 14.1. The minimum atomic E-state index is -1.01. The fraction of sp³-hybridized carbons (Fsp3) is 0.520. The average Bonchev–Trinajstić information content (AvgIpc) is 2.78. The standard InChI is InChI=1S/C25H32F2O3/c1-3-5-6-7-18-8-11-20(12-9-18)21-13-10-19(16-29-21)17-30-23-15-14-22(28-4-2)24(26)25(23)27/h8-9,11-12,14-15,19,21H,3-7,10,13,16-17H2,1-2H3. The Morgan fingerprint density at radius 2 is 1.60 bits per heavy atom. The van der Waals surface area contributed by atoms with E-state index in [9.17, 15) is 8.78 Å². The third-order valence-corrected chi connectivity index (χ3v) is 5.58. The third-order valence-electron chi connectivity index (χ3n) is 5.58. The summed E-state index contributed by atoms with van der Waals surface area (Å²) >= 11 is 0. The molecule has 1 saturated heterocycles. The van der Waals surface area contributed by atoms with Gasteiger partial charge in [0.1, 0.15) is 0 Å². The van der Waals surface area contributed by atoms with E-state index in [0.29, 0.717) is 13.2 Å². The molecule has 3 nitrogen and oxygen atoms in total. The van der Waals surface area contributed by atoms with Gasteiger partial charge in [-0.1, -0.05) is 44.0 Å². The van der Waals surface area contributed by atoms with Crippen molar-refractivity contribution in [3.63, 3.8) is 0 Å². The van der Waals surface area contributed by atoms with E-state index in [2.05, 4.69) is 31.2 Å². The number of unbranched alkanes of at least 4 members (excludes halogenated alkanes) is 2. The lowest BCUT2D eigenvalue weighted by Gasteiger charge is -2.29. The highest BCUT2D eigenvalue weighted by atomic mass is 19.2. The minimum Gasteiger partial charge on any atom is -0.491 e. The van der Waals surface area contributed by atoms with Crippen LogP contribution in [0.25, 0.3) is 0 Å². The predicted molar refractivity (Wildman–Crippen MR) is 114 cm³/mol. The molecule has 1 fully saturated rings. The normalized spacial score (nSPS) is 18.9. The summed E-state index contributed by atoms with van der Waals surface area (Å²) in [6.45, 7) is 5.06. The number of hydrogen-bond acceptors (Lipinski definition) is 3. The molecule has 0 amide bonds. The molecule has 0 saturated carbocycles. The number of aryl methyl sites for hydroxylation is 1. The first-order chi connectivity index (χ1) is 14.6. The molecule has 2 unspecified atom stereocenters. The van der Waals surface area contributed by atoms with Crippen molar-refractivity contribution < 1.29 is 23.0 Å². The molecule has 0 aliphatic carbocycles. The summed E-state index contributed by atoms with van der Waals surface area (Å²) in [6.07, 6.45) is 6.76. The average molecular weight is 419 g/mol. The van der Waals surface area contributed by atoms with E-state index in [1.54, 1.807) is 6.92 Å². The van der Waals surface area contributed by atoms with Gasteiger partial charge < -0.3 is 14.2 Å². The Balaban J connectivity index is 1.46. The summed E-state index contributed by atoms with van der Waals surface area (Å²) < 4.78 is 44.8. The molecule has 2 atom stereocenters. The van der Waals surface area contributed by atoms with E-state index in [1.165, 1.54) is 42.5 Å². The van der Waals surface area contributed by atoms with Crippen LogP contribution in [0.2, 0.25) is 0 Å². The second-order valence-corrected chi connectivity index (χ2v) is 7.90. The van der Waals surface area contributed by atoms with Gasteiger partial charge >= 0.3 is 0 Å². The van der Waals surface area contributed by atoms with Crippen molar-refractivity contribution >= 4 is 0 Å². The van der Waals surface area contributed by atoms with E-state index in [-0.39, 0.29) is 30.1 Å². The molecule has 2 aromatic carbocycles. The van der Waals surface area contributed by atoms with Gasteiger partial charge in [-0.05, 0) is 55.9 Å². The zero-order valence-electron chi connectivity index (χ0n) is 18.0. The highest BCUT2D eigenvalue weighted by Crippen LogP contribution is 2.32. The molecule has 1 aliphatic rings. The lowest BCUT2D eigenvalue weighted by Crippen LogP contribution is -2.25. The molecule has 0 bridgehead atoms. The Kier molecular flexibility index (Phi) is 8.50. The van der Waals surface area contributed by atoms with Crippen LogP contribution >= 0.6 is 0 Å². The molecule has 0 spiro atoms. The van der Waals surface area contributed by atoms with E-state index in [1.807, 2.05) is 0 Å². The molecule has 0 N–H and O–H groups in total. The molecule has 164 valence electrons. The highest BCUT2D eigenvalue weighted by molar-refractivity contribution is 5.35. The molecule has 30 heavy (non-hydrogen) atoms. The minimum absolute atomic E-state index is 0.0864. The number of benzene rings is 2. The SMILES string of the molecule is CCCCCc1ccc(C2CCC(COc3ccc(OCC)c(F)c3F)CO2)cc1. The van der Waals surface area contributed by atoms with E-state index in [0.717, 1.165) is 19.3 Å². The van der Waals surface area contributed by atoms with Crippen LogP contribution in [0.4, 0.5) is 8.78 Å². The van der Waals surface area contributed by atoms with Crippen LogP contribution in [0.15, 0.2) is 36.4 Å². The Bertz CT molecular complexity index is 784. The highest BCUT2D eigenvalue weighted by Gasteiger charge is 2.24. The largest absolute Gasteiger partial charge is 0.491 e. The van der Waals surface area contributed by atoms with Gasteiger partial charge in [-0.2, -0.15) is 8.78 Å². The van der Waals surface area contributed by atoms with Crippen molar-refractivity contribution in [3.05, 3.63) is 59.2 Å². The molecule has 3 rings (SSSR count). The third kappa shape index (κ3) is 5.94. The Morgan fingerprint density at radius 3 is 2.20 bits per heavy atom. The van der Waals surface area contributed by atoms with Gasteiger partial charge in [0.05, 0.1) is 25.9 Å². The van der Waals surface area contributed by atoms with Crippen molar-refractivity contribution in [2.45, 2.75) is 58.5 Å². The van der Waals surface area contributed by atoms with Crippen LogP contribution in [0.5, 0.6) is 11.5 Å². The summed E-state index contributed by atoms with van der Waals surface area (Å²) in [5, 5.41) is 0. The monoisotopic (exact) mass is 418 g/mol. The van der Waals surface area contributed by atoms with Gasteiger partial charge in [0.2, 0.25) is 11.6 Å². The van der Waals surface area contributed by atoms with Crippen LogP contribution < -0.4 is 9.47 Å². The first-order valence-corrected chi connectivity index (χ1v) is 11.1. The summed E-state index contributed by atoms with van der Waals surface area (Å²) in [5.41, 5.74) is 2.58. The summed E-state index contributed by atoms with van der Waals surface area (Å²) in [4.78, 5) is 0. The van der Waals surface area contributed by atoms with Crippen LogP contribution in [0, 0.1) is 17.6 Å². The zero-order valence-corrected chi connectivity index (χ0v) is 18.0. The summed E-state index contributed by atoms with van der Waals surface area (Å²) in [7, 11) is 0. The molecule has 1 heterocycles. The van der Waals surface area contributed by atoms with Crippen LogP contribution in [-0.2, 0) is 11.2 Å². The fourth-order valence-electron chi connectivity index (χ4n) is 3.78. The van der Waals surface area contributed by atoms with Crippen LogP contribution in [0.3, 0.4) is 0 Å². The van der Waals surface area contributed by atoms with Gasteiger partial charge in [-0.3, -0.25) is 0 Å². The number of ether oxygens (including phenoxy) is 3. The first kappa shape index (κ1) is 22.5. The van der Waals surface area contributed by atoms with Crippen molar-refractivity contribution in [1.82, 2.24) is 0 Å². The number of halogens is 2. The van der Waals surface area contributed by atoms with Crippen molar-refractivity contribution in [2.75, 3.05) is 19.8 Å². The Hall–Kier alpha value is -2.14. The van der Waals surface area contributed by atoms with E-state index >= 15 is 0 Å². The molecule has 0 radical (unpaired) electrons. The van der Waals surface area contributed by atoms with E-state index in [4.69, 9.17) is 14.2 Å². The van der Waals surface area contributed by atoms with Gasteiger partial charge in [0.25, 0.3) is 0 Å². The lowest BCUT2D eigenvalue weighted by atomic mass is 9.94. The van der Waals surface area contributed by atoms with Gasteiger partial charge in [0, 0.05) is 5.92 Å². The first-order valence-electron chi connectivity index (χ1n) is 11.1. The molecular formula is C25H32F2O3. The number of rotatable bonds is 10. The van der Waals surface area contributed by atoms with Crippen LogP contribution in [0.1, 0.15) is 63.2 Å². The van der Waals surface area contributed by atoms with Gasteiger partial charge in [-0.15, -0.1) is 0 Å². The fourth-order valence-corrected chi connectivity index (χ4v) is 3.78. The quantitative estimate of drug-likeness (QED) is 0.405. The van der Waals surface area contributed by atoms with Gasteiger partial charge in [0.15, 0.2) is 11.5 Å². The maximum Gasteiger partial charge on any atom is 0.204 e. The zero-order chi connectivity index (χ0) is 21.3. The Morgan fingerprint density at radius 1 is 0.900 bits per heavy atom. The van der Waals surface area contributed by atoms with Crippen molar-refractivity contribution in [3.8, 4) is 11.5 Å². The molecule has 1 aliphatic heterocycles. The molecule has 2 aromatic rings. The lowest BCUT2D eigenvalue weighted by molar-refractivity contribution is -0.0289. The van der Waals surface area contributed by atoms with Crippen molar-refractivity contribution in [2.24, 2.45) is 5.92 Å². The summed E-state index contributed by atoms with van der Waals surface area (Å²) in [6, 6.07) is 11.6. The summed E-state index contributed by atoms with van der Waals surface area (Å²) in [5.74, 6) is -2.04. The Labute approximate surface area is 178 Å². The molecule has 5 heteroatoms. The van der Waals surface area contributed by atoms with Gasteiger partial charge in [-0.25, -0.2) is 0 Å².